The van der Waals surface area contributed by atoms with Gasteiger partial charge in [-0.3, -0.25) is 10.2 Å². The molecule has 0 spiro atoms. The van der Waals surface area contributed by atoms with Crippen LogP contribution in [0.2, 0.25) is 0 Å². The van der Waals surface area contributed by atoms with Gasteiger partial charge in [0, 0.05) is 12.6 Å². The smallest absolute Gasteiger partial charge is 0.241 e. The van der Waals surface area contributed by atoms with E-state index in [4.69, 9.17) is 4.74 Å². The van der Waals surface area contributed by atoms with Gasteiger partial charge in [0.2, 0.25) is 5.91 Å². The highest BCUT2D eigenvalue weighted by Gasteiger charge is 2.23. The summed E-state index contributed by atoms with van der Waals surface area (Å²) in [7, 11) is 3.32. The van der Waals surface area contributed by atoms with E-state index in [0.29, 0.717) is 0 Å². The number of hydrogen-bond acceptors (Lipinski definition) is 3. The summed E-state index contributed by atoms with van der Waals surface area (Å²) in [4.78, 5) is 11.9. The molecule has 100 valence electrons. The topological polar surface area (TPSA) is 50.4 Å². The molecule has 0 aliphatic carbocycles. The van der Waals surface area contributed by atoms with Crippen molar-refractivity contribution in [2.75, 3.05) is 14.2 Å². The van der Waals surface area contributed by atoms with E-state index in [2.05, 4.69) is 16.9 Å². The molecule has 1 aromatic rings. The largest absolute Gasteiger partial charge is 0.496 e. The molecule has 0 saturated carbocycles. The third-order valence-electron chi connectivity index (χ3n) is 3.31. The maximum absolute atomic E-state index is 11.9. The van der Waals surface area contributed by atoms with Crippen LogP contribution in [0.3, 0.4) is 0 Å². The minimum Gasteiger partial charge on any atom is -0.496 e. The lowest BCUT2D eigenvalue weighted by molar-refractivity contribution is -0.123. The quantitative estimate of drug-likeness (QED) is 0.803. The van der Waals surface area contributed by atoms with Gasteiger partial charge in [-0.25, -0.2) is 5.43 Å². The SMILES string of the molecule is CNNC(=O)C(C)c1c(C)cc(C)c(C)c1OC. The van der Waals surface area contributed by atoms with Crippen molar-refractivity contribution >= 4 is 5.91 Å². The molecule has 1 unspecified atom stereocenters. The van der Waals surface area contributed by atoms with Crippen LogP contribution in [0, 0.1) is 20.8 Å². The fraction of sp³-hybridized carbons (Fsp3) is 0.500. The number of aryl methyl sites for hydroxylation is 2. The zero-order valence-electron chi connectivity index (χ0n) is 12.0. The molecule has 1 rings (SSSR count). The second kappa shape index (κ2) is 5.87. The summed E-state index contributed by atoms with van der Waals surface area (Å²) in [5.74, 6) is 0.486. The van der Waals surface area contributed by atoms with E-state index >= 15 is 0 Å². The molecule has 0 bridgehead atoms. The van der Waals surface area contributed by atoms with Crippen molar-refractivity contribution in [3.63, 3.8) is 0 Å². The second-order valence-corrected chi connectivity index (χ2v) is 4.54. The monoisotopic (exact) mass is 250 g/mol. The van der Waals surface area contributed by atoms with Gasteiger partial charge >= 0.3 is 0 Å². The predicted molar refractivity (Wildman–Crippen MR) is 72.8 cm³/mol. The lowest BCUT2D eigenvalue weighted by Crippen LogP contribution is -2.37. The molecule has 0 aromatic heterocycles. The molecule has 4 nitrogen and oxygen atoms in total. The molecule has 0 heterocycles. The number of carbonyl (C=O) groups excluding carboxylic acids is 1. The highest BCUT2D eigenvalue weighted by molar-refractivity contribution is 5.84. The minimum absolute atomic E-state index is 0.0675. The second-order valence-electron chi connectivity index (χ2n) is 4.54. The standard InChI is InChI=1S/C14H22N2O2/c1-8-7-9(2)12(13(18-6)10(8)3)11(4)14(17)16-15-5/h7,11,15H,1-6H3,(H,16,17). The van der Waals surface area contributed by atoms with Gasteiger partial charge in [0.1, 0.15) is 5.75 Å². The van der Waals surface area contributed by atoms with Gasteiger partial charge < -0.3 is 4.74 Å². The van der Waals surface area contributed by atoms with Crippen LogP contribution in [0.25, 0.3) is 0 Å². The number of benzene rings is 1. The average Bonchev–Trinajstić information content (AvgIpc) is 2.32. The zero-order chi connectivity index (χ0) is 13.9. The van der Waals surface area contributed by atoms with Crippen LogP contribution >= 0.6 is 0 Å². The van der Waals surface area contributed by atoms with Gasteiger partial charge in [0.25, 0.3) is 0 Å². The highest BCUT2D eigenvalue weighted by Crippen LogP contribution is 2.34. The summed E-state index contributed by atoms with van der Waals surface area (Å²) in [6.07, 6.45) is 0. The van der Waals surface area contributed by atoms with Crippen molar-refractivity contribution in [2.24, 2.45) is 0 Å². The van der Waals surface area contributed by atoms with Crippen molar-refractivity contribution in [1.29, 1.82) is 0 Å². The minimum atomic E-state index is -0.258. The number of methoxy groups -OCH3 is 1. The van der Waals surface area contributed by atoms with Crippen LogP contribution in [0.4, 0.5) is 0 Å². The molecule has 0 saturated heterocycles. The summed E-state index contributed by atoms with van der Waals surface area (Å²) in [5, 5.41) is 0. The predicted octanol–water partition coefficient (Wildman–Crippen LogP) is 1.97. The van der Waals surface area contributed by atoms with Crippen molar-refractivity contribution in [3.8, 4) is 5.75 Å². The molecule has 1 amide bonds. The Hall–Kier alpha value is -1.55. The summed E-state index contributed by atoms with van der Waals surface area (Å²) in [5.41, 5.74) is 9.56. The lowest BCUT2D eigenvalue weighted by Gasteiger charge is -2.21. The third kappa shape index (κ3) is 2.64. The van der Waals surface area contributed by atoms with E-state index < -0.39 is 0 Å². The van der Waals surface area contributed by atoms with Gasteiger partial charge in [-0.15, -0.1) is 0 Å². The van der Waals surface area contributed by atoms with Crippen molar-refractivity contribution in [2.45, 2.75) is 33.6 Å². The van der Waals surface area contributed by atoms with E-state index in [1.54, 1.807) is 14.2 Å². The number of ether oxygens (including phenoxy) is 1. The molecule has 1 atom stereocenters. The summed E-state index contributed by atoms with van der Waals surface area (Å²) < 4.78 is 5.49. The Morgan fingerprint density at radius 2 is 1.89 bits per heavy atom. The molecule has 0 radical (unpaired) electrons. The van der Waals surface area contributed by atoms with E-state index in [1.165, 1.54) is 5.56 Å². The average molecular weight is 250 g/mol. The van der Waals surface area contributed by atoms with Gasteiger partial charge in [0.15, 0.2) is 0 Å². The molecular formula is C14H22N2O2. The van der Waals surface area contributed by atoms with Gasteiger partial charge in [-0.2, -0.15) is 0 Å². The highest BCUT2D eigenvalue weighted by atomic mass is 16.5. The number of carbonyl (C=O) groups is 1. The Labute approximate surface area is 109 Å². The lowest BCUT2D eigenvalue weighted by atomic mass is 9.90. The van der Waals surface area contributed by atoms with Gasteiger partial charge in [-0.1, -0.05) is 6.07 Å². The first-order valence-electron chi connectivity index (χ1n) is 6.05. The molecule has 18 heavy (non-hydrogen) atoms. The fourth-order valence-corrected chi connectivity index (χ4v) is 2.23. The molecule has 4 heteroatoms. The normalized spacial score (nSPS) is 12.1. The van der Waals surface area contributed by atoms with Gasteiger partial charge in [0.05, 0.1) is 13.0 Å². The molecule has 1 aromatic carbocycles. The summed E-state index contributed by atoms with van der Waals surface area (Å²) in [6.45, 7) is 7.95. The van der Waals surface area contributed by atoms with Crippen LogP contribution < -0.4 is 15.6 Å². The van der Waals surface area contributed by atoms with E-state index in [9.17, 15) is 4.79 Å². The van der Waals surface area contributed by atoms with Gasteiger partial charge in [-0.05, 0) is 44.4 Å². The fourth-order valence-electron chi connectivity index (χ4n) is 2.23. The van der Waals surface area contributed by atoms with Crippen LogP contribution in [-0.2, 0) is 4.79 Å². The zero-order valence-corrected chi connectivity index (χ0v) is 12.0. The first-order chi connectivity index (χ1) is 8.43. The van der Waals surface area contributed by atoms with E-state index in [1.807, 2.05) is 27.7 Å². The molecule has 2 N–H and O–H groups in total. The molecule has 0 aliphatic rings. The Morgan fingerprint density at radius 3 is 2.39 bits per heavy atom. The van der Waals surface area contributed by atoms with Crippen LogP contribution in [0.15, 0.2) is 6.07 Å². The number of hydrazine groups is 1. The molecule has 0 aliphatic heterocycles. The van der Waals surface area contributed by atoms with E-state index in [-0.39, 0.29) is 11.8 Å². The van der Waals surface area contributed by atoms with Crippen LogP contribution in [-0.4, -0.2) is 20.1 Å². The number of hydrogen-bond donors (Lipinski definition) is 2. The Balaban J connectivity index is 3.31. The Morgan fingerprint density at radius 1 is 1.28 bits per heavy atom. The first-order valence-corrected chi connectivity index (χ1v) is 6.05. The van der Waals surface area contributed by atoms with E-state index in [0.717, 1.165) is 22.4 Å². The molecule has 0 fully saturated rings. The number of nitrogens with one attached hydrogen (secondary N) is 2. The Kier molecular flexibility index (Phi) is 4.73. The van der Waals surface area contributed by atoms with Crippen molar-refractivity contribution < 1.29 is 9.53 Å². The third-order valence-corrected chi connectivity index (χ3v) is 3.31. The number of rotatable bonds is 4. The summed E-state index contributed by atoms with van der Waals surface area (Å²) >= 11 is 0. The molecular weight excluding hydrogens is 228 g/mol. The number of amides is 1. The first kappa shape index (κ1) is 14.5. The van der Waals surface area contributed by atoms with Crippen LogP contribution in [0.5, 0.6) is 5.75 Å². The Bertz CT molecular complexity index is 456. The summed E-state index contributed by atoms with van der Waals surface area (Å²) in [6, 6.07) is 2.09. The van der Waals surface area contributed by atoms with Crippen molar-refractivity contribution in [3.05, 3.63) is 28.3 Å². The van der Waals surface area contributed by atoms with Crippen molar-refractivity contribution in [1.82, 2.24) is 10.9 Å². The maximum atomic E-state index is 11.9. The maximum Gasteiger partial charge on any atom is 0.241 e. The van der Waals surface area contributed by atoms with Crippen LogP contribution in [0.1, 0.15) is 35.1 Å².